The molecule has 0 bridgehead atoms. The zero-order valence-electron chi connectivity index (χ0n) is 13.2. The van der Waals surface area contributed by atoms with E-state index in [4.69, 9.17) is 0 Å². The van der Waals surface area contributed by atoms with E-state index >= 15 is 0 Å². The Balaban J connectivity index is 1.70. The van der Waals surface area contributed by atoms with Crippen molar-refractivity contribution in [3.8, 4) is 0 Å². The van der Waals surface area contributed by atoms with E-state index in [1.807, 2.05) is 12.1 Å². The molecule has 0 radical (unpaired) electrons. The van der Waals surface area contributed by atoms with Crippen LogP contribution in [0.4, 0.5) is 0 Å². The summed E-state index contributed by atoms with van der Waals surface area (Å²) < 4.78 is 11.4. The van der Waals surface area contributed by atoms with Gasteiger partial charge in [0.15, 0.2) is 0 Å². The summed E-state index contributed by atoms with van der Waals surface area (Å²) in [5.41, 5.74) is 4.04. The molecule has 2 atom stereocenters. The Morgan fingerprint density at radius 3 is 2.41 bits per heavy atom. The van der Waals surface area contributed by atoms with Crippen molar-refractivity contribution in [2.75, 3.05) is 6.26 Å². The normalized spacial score (nSPS) is 17.2. The van der Waals surface area contributed by atoms with Crippen LogP contribution >= 0.6 is 0 Å². The molecule has 1 N–H and O–H groups in total. The van der Waals surface area contributed by atoms with E-state index in [0.29, 0.717) is 6.04 Å². The van der Waals surface area contributed by atoms with Gasteiger partial charge in [-0.2, -0.15) is 0 Å². The minimum atomic E-state index is -0.900. The third-order valence-electron chi connectivity index (χ3n) is 4.40. The molecule has 0 amide bonds. The summed E-state index contributed by atoms with van der Waals surface area (Å²) in [5, 5.41) is 3.73. The standard InChI is InChI=1S/C19H23NOS/c1-14-5-3-4-6-18(14)19(16-9-10-16)20-13-15-7-11-17(12-8-15)22(2)21/h3-8,11-12,16,19-20H,9-10,13H2,1-2H3/t19-,22-/m1/s1. The van der Waals surface area contributed by atoms with Crippen molar-refractivity contribution in [2.24, 2.45) is 5.92 Å². The smallest absolute Gasteiger partial charge is 0.0498 e. The molecule has 22 heavy (non-hydrogen) atoms. The molecule has 2 aromatic rings. The van der Waals surface area contributed by atoms with Crippen LogP contribution in [0.1, 0.15) is 35.6 Å². The Morgan fingerprint density at radius 2 is 1.82 bits per heavy atom. The average molecular weight is 313 g/mol. The molecular weight excluding hydrogens is 290 g/mol. The van der Waals surface area contributed by atoms with Gasteiger partial charge in [-0.1, -0.05) is 36.4 Å². The number of hydrogen-bond donors (Lipinski definition) is 1. The third kappa shape index (κ3) is 3.65. The highest BCUT2D eigenvalue weighted by Gasteiger charge is 2.32. The first kappa shape index (κ1) is 15.4. The van der Waals surface area contributed by atoms with E-state index in [1.165, 1.54) is 29.5 Å². The Bertz CT molecular complexity index is 661. The van der Waals surface area contributed by atoms with Crippen molar-refractivity contribution in [2.45, 2.75) is 37.2 Å². The van der Waals surface area contributed by atoms with Crippen LogP contribution in [0, 0.1) is 12.8 Å². The highest BCUT2D eigenvalue weighted by Crippen LogP contribution is 2.41. The van der Waals surface area contributed by atoms with Gasteiger partial charge in [0, 0.05) is 34.5 Å². The first-order valence-electron chi connectivity index (χ1n) is 7.86. The van der Waals surface area contributed by atoms with Crippen LogP contribution in [-0.2, 0) is 17.3 Å². The van der Waals surface area contributed by atoms with Crippen LogP contribution in [0.15, 0.2) is 53.4 Å². The first-order valence-corrected chi connectivity index (χ1v) is 9.42. The van der Waals surface area contributed by atoms with Crippen molar-refractivity contribution < 1.29 is 4.21 Å². The Labute approximate surface area is 135 Å². The van der Waals surface area contributed by atoms with Crippen molar-refractivity contribution in [3.63, 3.8) is 0 Å². The lowest BCUT2D eigenvalue weighted by atomic mass is 9.97. The molecule has 116 valence electrons. The Morgan fingerprint density at radius 1 is 1.14 bits per heavy atom. The van der Waals surface area contributed by atoms with Gasteiger partial charge in [0.25, 0.3) is 0 Å². The summed E-state index contributed by atoms with van der Waals surface area (Å²) in [6.07, 6.45) is 4.36. The van der Waals surface area contributed by atoms with Crippen molar-refractivity contribution in [1.29, 1.82) is 0 Å². The molecule has 0 spiro atoms. The molecule has 0 heterocycles. The van der Waals surface area contributed by atoms with Gasteiger partial charge in [-0.25, -0.2) is 0 Å². The van der Waals surface area contributed by atoms with Crippen LogP contribution in [0.3, 0.4) is 0 Å². The van der Waals surface area contributed by atoms with Crippen LogP contribution in [0.25, 0.3) is 0 Å². The minimum Gasteiger partial charge on any atom is -0.306 e. The fraction of sp³-hybridized carbons (Fsp3) is 0.368. The molecule has 3 heteroatoms. The van der Waals surface area contributed by atoms with Gasteiger partial charge in [-0.15, -0.1) is 0 Å². The minimum absolute atomic E-state index is 0.446. The molecule has 0 saturated heterocycles. The monoisotopic (exact) mass is 313 g/mol. The summed E-state index contributed by atoms with van der Waals surface area (Å²) in [4.78, 5) is 0.890. The SMILES string of the molecule is Cc1ccccc1[C@H](NCc1ccc([S@@](C)=O)cc1)C1CC1. The summed E-state index contributed by atoms with van der Waals surface area (Å²) in [6, 6.07) is 17.2. The van der Waals surface area contributed by atoms with Gasteiger partial charge < -0.3 is 5.32 Å². The lowest BCUT2D eigenvalue weighted by molar-refractivity contribution is 0.478. The zero-order valence-corrected chi connectivity index (χ0v) is 14.0. The summed E-state index contributed by atoms with van der Waals surface area (Å²) in [7, 11) is -0.900. The van der Waals surface area contributed by atoms with E-state index in [9.17, 15) is 4.21 Å². The first-order chi connectivity index (χ1) is 10.6. The van der Waals surface area contributed by atoms with E-state index in [-0.39, 0.29) is 0 Å². The summed E-state index contributed by atoms with van der Waals surface area (Å²) in [5.74, 6) is 0.767. The molecule has 2 aromatic carbocycles. The van der Waals surface area contributed by atoms with Gasteiger partial charge in [0.1, 0.15) is 0 Å². The fourth-order valence-corrected chi connectivity index (χ4v) is 3.44. The second kappa shape index (κ2) is 6.76. The van der Waals surface area contributed by atoms with Gasteiger partial charge in [-0.05, 0) is 54.5 Å². The van der Waals surface area contributed by atoms with E-state index < -0.39 is 10.8 Å². The second-order valence-electron chi connectivity index (χ2n) is 6.15. The molecule has 1 fully saturated rings. The lowest BCUT2D eigenvalue weighted by Gasteiger charge is -2.21. The number of rotatable bonds is 6. The van der Waals surface area contributed by atoms with Gasteiger partial charge in [0.05, 0.1) is 0 Å². The third-order valence-corrected chi connectivity index (χ3v) is 5.33. The fourth-order valence-electron chi connectivity index (χ4n) is 2.92. The molecule has 0 aromatic heterocycles. The van der Waals surface area contributed by atoms with Crippen LogP contribution in [-0.4, -0.2) is 10.5 Å². The lowest BCUT2D eigenvalue weighted by Crippen LogP contribution is -2.23. The molecule has 3 rings (SSSR count). The Hall–Kier alpha value is -1.45. The maximum atomic E-state index is 11.4. The maximum absolute atomic E-state index is 11.4. The number of hydrogen-bond acceptors (Lipinski definition) is 2. The summed E-state index contributed by atoms with van der Waals surface area (Å²) >= 11 is 0. The second-order valence-corrected chi connectivity index (χ2v) is 7.53. The van der Waals surface area contributed by atoms with Crippen LogP contribution in [0.5, 0.6) is 0 Å². The predicted octanol–water partition coefficient (Wildman–Crippen LogP) is 3.97. The van der Waals surface area contributed by atoms with Crippen molar-refractivity contribution >= 4 is 10.8 Å². The number of nitrogens with one attached hydrogen (secondary N) is 1. The van der Waals surface area contributed by atoms with Gasteiger partial charge in [-0.3, -0.25) is 4.21 Å². The molecule has 2 nitrogen and oxygen atoms in total. The highest BCUT2D eigenvalue weighted by atomic mass is 32.2. The molecule has 0 unspecified atom stereocenters. The highest BCUT2D eigenvalue weighted by molar-refractivity contribution is 7.84. The molecule has 1 aliphatic carbocycles. The van der Waals surface area contributed by atoms with Crippen LogP contribution in [0.2, 0.25) is 0 Å². The predicted molar refractivity (Wildman–Crippen MR) is 92.3 cm³/mol. The van der Waals surface area contributed by atoms with Crippen LogP contribution < -0.4 is 5.32 Å². The van der Waals surface area contributed by atoms with E-state index in [1.54, 1.807) is 6.26 Å². The number of benzene rings is 2. The number of aryl methyl sites for hydroxylation is 1. The molecular formula is C19H23NOS. The van der Waals surface area contributed by atoms with Gasteiger partial charge >= 0.3 is 0 Å². The Kier molecular flexibility index (Phi) is 4.74. The molecule has 1 saturated carbocycles. The quantitative estimate of drug-likeness (QED) is 0.874. The van der Waals surface area contributed by atoms with Gasteiger partial charge in [0.2, 0.25) is 0 Å². The summed E-state index contributed by atoms with van der Waals surface area (Å²) in [6.45, 7) is 3.05. The zero-order chi connectivity index (χ0) is 15.5. The van der Waals surface area contributed by atoms with E-state index in [2.05, 4.69) is 48.6 Å². The van der Waals surface area contributed by atoms with Crippen molar-refractivity contribution in [1.82, 2.24) is 5.32 Å². The maximum Gasteiger partial charge on any atom is 0.0498 e. The largest absolute Gasteiger partial charge is 0.306 e. The molecule has 1 aliphatic rings. The molecule has 0 aliphatic heterocycles. The van der Waals surface area contributed by atoms with Crippen molar-refractivity contribution in [3.05, 3.63) is 65.2 Å². The van der Waals surface area contributed by atoms with E-state index in [0.717, 1.165) is 17.4 Å². The topological polar surface area (TPSA) is 29.1 Å². The average Bonchev–Trinajstić information content (AvgIpc) is 3.34.